The Balaban J connectivity index is 2.35. The number of rotatable bonds is 3. The first-order chi connectivity index (χ1) is 7.63. The molecule has 1 saturated heterocycles. The second kappa shape index (κ2) is 4.52. The fourth-order valence-corrected chi connectivity index (χ4v) is 1.98. The number of carbonyl (C=O) groups excluding carboxylic acids is 1. The van der Waals surface area contributed by atoms with Crippen LogP contribution in [0.4, 0.5) is 0 Å². The van der Waals surface area contributed by atoms with Gasteiger partial charge in [-0.15, -0.1) is 9.24 Å². The Bertz CT molecular complexity index is 414. The van der Waals surface area contributed by atoms with Crippen molar-refractivity contribution in [3.8, 4) is 0 Å². The molecule has 16 heavy (non-hydrogen) atoms. The van der Waals surface area contributed by atoms with E-state index in [9.17, 15) is 4.79 Å². The number of cyclic esters (lactones) is 1. The van der Waals surface area contributed by atoms with E-state index in [1.54, 1.807) is 0 Å². The summed E-state index contributed by atoms with van der Waals surface area (Å²) in [5.41, 5.74) is 2.73. The van der Waals surface area contributed by atoms with E-state index in [2.05, 4.69) is 9.24 Å². The fourth-order valence-electron chi connectivity index (χ4n) is 1.68. The Labute approximate surface area is 97.4 Å². The third-order valence-electron chi connectivity index (χ3n) is 2.72. The molecule has 2 heterocycles. The van der Waals surface area contributed by atoms with E-state index in [0.29, 0.717) is 12.2 Å². The van der Waals surface area contributed by atoms with Crippen LogP contribution in [0.1, 0.15) is 13.8 Å². The van der Waals surface area contributed by atoms with Gasteiger partial charge in [0.15, 0.2) is 0 Å². The maximum Gasteiger partial charge on any atom is 0.339 e. The highest BCUT2D eigenvalue weighted by Crippen LogP contribution is 2.32. The van der Waals surface area contributed by atoms with Crippen molar-refractivity contribution < 1.29 is 14.3 Å². The van der Waals surface area contributed by atoms with Crippen molar-refractivity contribution in [1.82, 2.24) is 0 Å². The largest absolute Gasteiger partial charge is 0.457 e. The molecule has 2 aliphatic heterocycles. The minimum Gasteiger partial charge on any atom is -0.457 e. The van der Waals surface area contributed by atoms with Gasteiger partial charge in [0.2, 0.25) is 0 Å². The molecule has 0 aromatic rings. The Morgan fingerprint density at radius 1 is 1.56 bits per heavy atom. The van der Waals surface area contributed by atoms with Gasteiger partial charge >= 0.3 is 5.97 Å². The van der Waals surface area contributed by atoms with Gasteiger partial charge in [0.05, 0.1) is 18.3 Å². The molecule has 2 rings (SSSR count). The predicted molar refractivity (Wildman–Crippen MR) is 64.9 cm³/mol. The summed E-state index contributed by atoms with van der Waals surface area (Å²) in [5, 5.41) is 0.891. The van der Waals surface area contributed by atoms with Gasteiger partial charge in [0.1, 0.15) is 6.61 Å². The molecule has 4 heteroatoms. The molecular weight excluding hydrogens is 223 g/mol. The predicted octanol–water partition coefficient (Wildman–Crippen LogP) is 1.96. The molecule has 0 bridgehead atoms. The van der Waals surface area contributed by atoms with Crippen LogP contribution in [0.2, 0.25) is 0 Å². The number of esters is 1. The summed E-state index contributed by atoms with van der Waals surface area (Å²) >= 11 is 0. The van der Waals surface area contributed by atoms with E-state index >= 15 is 0 Å². The molecule has 0 aromatic heterocycles. The molecule has 0 aliphatic carbocycles. The minimum absolute atomic E-state index is 0.225. The zero-order chi connectivity index (χ0) is 11.7. The average Bonchev–Trinajstić information content (AvgIpc) is 2.98. The minimum atomic E-state index is -0.234. The second-order valence-electron chi connectivity index (χ2n) is 3.90. The lowest BCUT2D eigenvalue weighted by molar-refractivity contribution is -0.135. The summed E-state index contributed by atoms with van der Waals surface area (Å²) in [7, 11) is 2.58. The number of hydrogen-bond donors (Lipinski definition) is 0. The molecule has 0 N–H and O–H groups in total. The van der Waals surface area contributed by atoms with Crippen LogP contribution < -0.4 is 0 Å². The topological polar surface area (TPSA) is 38.8 Å². The zero-order valence-corrected chi connectivity index (χ0v) is 10.6. The lowest BCUT2D eigenvalue weighted by atomic mass is 10.0. The highest BCUT2D eigenvalue weighted by atomic mass is 31.0. The Morgan fingerprint density at radius 3 is 2.81 bits per heavy atom. The van der Waals surface area contributed by atoms with Gasteiger partial charge in [-0.05, 0) is 24.7 Å². The molecule has 0 spiro atoms. The van der Waals surface area contributed by atoms with Crippen LogP contribution >= 0.6 is 9.24 Å². The van der Waals surface area contributed by atoms with E-state index in [1.807, 2.05) is 26.0 Å². The third kappa shape index (κ3) is 2.26. The number of epoxide rings is 1. The van der Waals surface area contributed by atoms with Gasteiger partial charge in [0, 0.05) is 5.57 Å². The van der Waals surface area contributed by atoms with Crippen LogP contribution in [0.3, 0.4) is 0 Å². The molecule has 0 aromatic carbocycles. The van der Waals surface area contributed by atoms with Crippen LogP contribution in [0, 0.1) is 0 Å². The van der Waals surface area contributed by atoms with Gasteiger partial charge < -0.3 is 9.47 Å². The van der Waals surface area contributed by atoms with Gasteiger partial charge in [0.25, 0.3) is 0 Å². The van der Waals surface area contributed by atoms with Crippen molar-refractivity contribution >= 4 is 15.2 Å². The number of allylic oxidation sites excluding steroid dienone is 1. The van der Waals surface area contributed by atoms with Gasteiger partial charge in [-0.2, -0.15) is 0 Å². The first-order valence-electron chi connectivity index (χ1n) is 5.26. The molecule has 2 aliphatic rings. The summed E-state index contributed by atoms with van der Waals surface area (Å²) in [6.45, 7) is 5.05. The summed E-state index contributed by atoms with van der Waals surface area (Å²) in [5.74, 6) is -0.234. The monoisotopic (exact) mass is 238 g/mol. The van der Waals surface area contributed by atoms with Crippen LogP contribution in [-0.2, 0) is 14.3 Å². The highest BCUT2D eigenvalue weighted by Gasteiger charge is 2.28. The van der Waals surface area contributed by atoms with E-state index in [1.165, 1.54) is 0 Å². The van der Waals surface area contributed by atoms with Crippen LogP contribution in [0.5, 0.6) is 0 Å². The van der Waals surface area contributed by atoms with Crippen molar-refractivity contribution in [2.45, 2.75) is 20.0 Å². The SMILES string of the molecule is C/C=C(/P)C1=C(/C(C)=C/C2CO2)COC1=O. The maximum absolute atomic E-state index is 11.6. The molecule has 2 atom stereocenters. The number of hydrogen-bond acceptors (Lipinski definition) is 3. The summed E-state index contributed by atoms with van der Waals surface area (Å²) < 4.78 is 10.2. The molecule has 86 valence electrons. The molecule has 0 radical (unpaired) electrons. The van der Waals surface area contributed by atoms with Gasteiger partial charge in [-0.25, -0.2) is 4.79 Å². The lowest BCUT2D eigenvalue weighted by Crippen LogP contribution is -1.99. The third-order valence-corrected chi connectivity index (χ3v) is 3.35. The summed E-state index contributed by atoms with van der Waals surface area (Å²) in [6.07, 6.45) is 4.17. The molecule has 0 amide bonds. The van der Waals surface area contributed by atoms with E-state index in [4.69, 9.17) is 9.47 Å². The van der Waals surface area contributed by atoms with Crippen molar-refractivity contribution in [2.24, 2.45) is 0 Å². The summed E-state index contributed by atoms with van der Waals surface area (Å²) in [6, 6.07) is 0. The van der Waals surface area contributed by atoms with E-state index < -0.39 is 0 Å². The molecule has 1 fully saturated rings. The van der Waals surface area contributed by atoms with Crippen LogP contribution in [0.25, 0.3) is 0 Å². The van der Waals surface area contributed by atoms with Gasteiger partial charge in [-0.3, -0.25) is 0 Å². The maximum atomic E-state index is 11.6. The Kier molecular flexibility index (Phi) is 3.27. The van der Waals surface area contributed by atoms with E-state index in [-0.39, 0.29) is 12.1 Å². The molecule has 0 saturated carbocycles. The van der Waals surface area contributed by atoms with Crippen LogP contribution in [0.15, 0.2) is 34.2 Å². The normalized spacial score (nSPS) is 26.2. The number of ether oxygens (including phenoxy) is 2. The Hall–Kier alpha value is -0.920. The van der Waals surface area contributed by atoms with Crippen molar-refractivity contribution in [3.63, 3.8) is 0 Å². The summed E-state index contributed by atoms with van der Waals surface area (Å²) in [4.78, 5) is 11.6. The molecule has 2 unspecified atom stereocenters. The lowest BCUT2D eigenvalue weighted by Gasteiger charge is -2.03. The smallest absolute Gasteiger partial charge is 0.339 e. The average molecular weight is 238 g/mol. The fraction of sp³-hybridized carbons (Fsp3) is 0.417. The Morgan fingerprint density at radius 2 is 2.25 bits per heavy atom. The van der Waals surface area contributed by atoms with E-state index in [0.717, 1.165) is 23.1 Å². The van der Waals surface area contributed by atoms with Gasteiger partial charge in [-0.1, -0.05) is 12.2 Å². The highest BCUT2D eigenvalue weighted by molar-refractivity contribution is 7.23. The first-order valence-corrected chi connectivity index (χ1v) is 5.84. The second-order valence-corrected chi connectivity index (χ2v) is 4.52. The van der Waals surface area contributed by atoms with Crippen LogP contribution in [-0.4, -0.2) is 25.3 Å². The molecular formula is C12H15O3P. The van der Waals surface area contributed by atoms with Crippen molar-refractivity contribution in [2.75, 3.05) is 13.2 Å². The van der Waals surface area contributed by atoms with Crippen molar-refractivity contribution in [1.29, 1.82) is 0 Å². The van der Waals surface area contributed by atoms with Crippen molar-refractivity contribution in [3.05, 3.63) is 34.2 Å². The number of carbonyl (C=O) groups is 1. The standard InChI is InChI=1S/C12H15O3P/c1-3-10(16)11-9(6-15-12(11)13)7(2)4-8-5-14-8/h3-4,8H,5-6,16H2,1-2H3/b7-4+,10-3+. The zero-order valence-electron chi connectivity index (χ0n) is 9.45. The first kappa shape index (κ1) is 11.6. The quantitative estimate of drug-likeness (QED) is 0.428. The molecule has 3 nitrogen and oxygen atoms in total.